The Balaban J connectivity index is 1.44. The Morgan fingerprint density at radius 2 is 1.44 bits per heavy atom. The molecule has 2 aliphatic rings. The van der Waals surface area contributed by atoms with Gasteiger partial charge in [0.05, 0.1) is 48.4 Å². The van der Waals surface area contributed by atoms with Crippen molar-refractivity contribution in [1.29, 1.82) is 0 Å². The first-order chi connectivity index (χ1) is 16.5. The Morgan fingerprint density at radius 1 is 0.853 bits per heavy atom. The number of benzene rings is 1. The number of urea groups is 2. The number of carbonyl (C=O) groups is 3. The van der Waals surface area contributed by atoms with Crippen LogP contribution in [0.2, 0.25) is 0 Å². The molecular formula is C22H19N7O5. The molecule has 1 spiro atoms. The number of fused-ring (bicyclic) bond motifs is 2. The van der Waals surface area contributed by atoms with Crippen molar-refractivity contribution in [2.75, 3.05) is 39.8 Å². The van der Waals surface area contributed by atoms with Gasteiger partial charge in [-0.25, -0.2) is 9.59 Å². The summed E-state index contributed by atoms with van der Waals surface area (Å²) in [6.45, 7) is 0.437. The van der Waals surface area contributed by atoms with Crippen molar-refractivity contribution in [3.05, 3.63) is 66.7 Å². The summed E-state index contributed by atoms with van der Waals surface area (Å²) >= 11 is 0. The third-order valence-electron chi connectivity index (χ3n) is 5.07. The molecule has 12 nitrogen and oxygen atoms in total. The molecule has 0 aliphatic carbocycles. The third kappa shape index (κ3) is 4.10. The Kier molecular flexibility index (Phi) is 5.49. The summed E-state index contributed by atoms with van der Waals surface area (Å²) in [6, 6.07) is 8.68. The van der Waals surface area contributed by atoms with Crippen LogP contribution >= 0.6 is 0 Å². The molecule has 3 aromatic rings. The van der Waals surface area contributed by atoms with E-state index in [4.69, 9.17) is 9.47 Å². The summed E-state index contributed by atoms with van der Waals surface area (Å²) in [7, 11) is 0. The molecule has 1 saturated heterocycles. The number of anilines is 5. The van der Waals surface area contributed by atoms with E-state index in [1.807, 2.05) is 0 Å². The number of aromatic nitrogens is 2. The molecular weight excluding hydrogens is 442 g/mol. The molecule has 0 saturated carbocycles. The molecule has 0 bridgehead atoms. The standard InChI is InChI=1S/C22H19N7O5/c30-19-22(33-7-8-34-22)16-9-15(27-20(31)25-13-3-1-5-23-11-13)10-17(18(16)29-19)28-21(32)26-14-4-2-6-24-12-14/h1-6,9-12H,7-8H2,(H,29,30)(H2,25,27,31)(H2,26,28,32). The number of carbonyl (C=O) groups excluding carboxylic acids is 3. The maximum Gasteiger partial charge on any atom is 0.323 e. The van der Waals surface area contributed by atoms with Crippen LogP contribution < -0.4 is 26.6 Å². The lowest BCUT2D eigenvalue weighted by Crippen LogP contribution is -2.35. The van der Waals surface area contributed by atoms with Crippen LogP contribution in [-0.2, 0) is 20.1 Å². The SMILES string of the molecule is O=C(Nc1cccnc1)Nc1cc(NC(=O)Nc2cccnc2)c2c(c1)C1(OCCO1)C(=O)N2. The topological polar surface area (TPSA) is 156 Å². The Morgan fingerprint density at radius 3 is 2.03 bits per heavy atom. The van der Waals surface area contributed by atoms with Gasteiger partial charge in [-0.3, -0.25) is 14.8 Å². The highest BCUT2D eigenvalue weighted by Crippen LogP contribution is 2.47. The predicted molar refractivity (Wildman–Crippen MR) is 122 cm³/mol. The van der Waals surface area contributed by atoms with Gasteiger partial charge in [0.15, 0.2) is 0 Å². The van der Waals surface area contributed by atoms with Crippen LogP contribution in [0, 0.1) is 0 Å². The van der Waals surface area contributed by atoms with Gasteiger partial charge in [-0.1, -0.05) is 0 Å². The van der Waals surface area contributed by atoms with Crippen molar-refractivity contribution in [2.45, 2.75) is 5.79 Å². The van der Waals surface area contributed by atoms with Crippen molar-refractivity contribution in [1.82, 2.24) is 9.97 Å². The molecule has 0 atom stereocenters. The van der Waals surface area contributed by atoms with Crippen LogP contribution in [0.5, 0.6) is 0 Å². The summed E-state index contributed by atoms with van der Waals surface area (Å²) in [6.07, 6.45) is 6.15. The van der Waals surface area contributed by atoms with E-state index in [1.54, 1.807) is 42.7 Å². The second-order valence-corrected chi connectivity index (χ2v) is 7.36. The van der Waals surface area contributed by atoms with Crippen LogP contribution in [0.25, 0.3) is 0 Å². The average molecular weight is 461 g/mol. The van der Waals surface area contributed by atoms with Crippen LogP contribution in [0.15, 0.2) is 61.2 Å². The lowest BCUT2D eigenvalue weighted by atomic mass is 10.0. The van der Waals surface area contributed by atoms with Gasteiger partial charge in [0, 0.05) is 23.6 Å². The number of rotatable bonds is 4. The highest BCUT2D eigenvalue weighted by molar-refractivity contribution is 6.12. The van der Waals surface area contributed by atoms with Crippen molar-refractivity contribution >= 4 is 46.4 Å². The first kappa shape index (κ1) is 21.3. The summed E-state index contributed by atoms with van der Waals surface area (Å²) < 4.78 is 11.3. The van der Waals surface area contributed by atoms with E-state index >= 15 is 0 Å². The summed E-state index contributed by atoms with van der Waals surface area (Å²) in [5, 5.41) is 13.4. The maximum absolute atomic E-state index is 12.8. The zero-order chi connectivity index (χ0) is 23.5. The van der Waals surface area contributed by atoms with Gasteiger partial charge in [0.2, 0.25) is 0 Å². The molecule has 5 rings (SSSR count). The zero-order valence-corrected chi connectivity index (χ0v) is 17.6. The van der Waals surface area contributed by atoms with Gasteiger partial charge in [0.25, 0.3) is 11.7 Å². The lowest BCUT2D eigenvalue weighted by molar-refractivity contribution is -0.178. The quantitative estimate of drug-likeness (QED) is 0.400. The van der Waals surface area contributed by atoms with Gasteiger partial charge in [-0.2, -0.15) is 0 Å². The van der Waals surface area contributed by atoms with Crippen LogP contribution in [-0.4, -0.2) is 41.2 Å². The van der Waals surface area contributed by atoms with Gasteiger partial charge < -0.3 is 36.1 Å². The summed E-state index contributed by atoms with van der Waals surface area (Å²) in [5.41, 5.74) is 2.15. The molecule has 5 amide bonds. The highest BCUT2D eigenvalue weighted by atomic mass is 16.7. The molecule has 0 unspecified atom stereocenters. The smallest absolute Gasteiger partial charge is 0.323 e. The number of hydrogen-bond acceptors (Lipinski definition) is 7. The molecule has 1 aromatic carbocycles. The van der Waals surface area contributed by atoms with E-state index in [9.17, 15) is 14.4 Å². The van der Waals surface area contributed by atoms with Gasteiger partial charge >= 0.3 is 12.1 Å². The van der Waals surface area contributed by atoms with Gasteiger partial charge in [-0.05, 0) is 36.4 Å². The molecule has 1 fully saturated rings. The summed E-state index contributed by atoms with van der Waals surface area (Å²) in [4.78, 5) is 45.8. The second-order valence-electron chi connectivity index (χ2n) is 7.36. The first-order valence-corrected chi connectivity index (χ1v) is 10.3. The molecule has 172 valence electrons. The number of pyridine rings is 2. The number of ether oxygens (including phenoxy) is 2. The molecule has 4 heterocycles. The Bertz CT molecular complexity index is 1250. The predicted octanol–water partition coefficient (Wildman–Crippen LogP) is 2.92. The average Bonchev–Trinajstić information content (AvgIpc) is 3.42. The van der Waals surface area contributed by atoms with Gasteiger partial charge in [0.1, 0.15) is 0 Å². The van der Waals surface area contributed by atoms with Crippen molar-refractivity contribution < 1.29 is 23.9 Å². The van der Waals surface area contributed by atoms with Crippen molar-refractivity contribution in [3.8, 4) is 0 Å². The van der Waals surface area contributed by atoms with Crippen LogP contribution in [0.1, 0.15) is 5.56 Å². The summed E-state index contributed by atoms with van der Waals surface area (Å²) in [5.74, 6) is -2.17. The normalized spacial score (nSPS) is 15.4. The fourth-order valence-corrected chi connectivity index (χ4v) is 3.68. The second kappa shape index (κ2) is 8.77. The minimum Gasteiger partial charge on any atom is -0.336 e. The monoisotopic (exact) mass is 461 g/mol. The Labute approximate surface area is 193 Å². The van der Waals surface area contributed by atoms with E-state index in [0.717, 1.165) is 0 Å². The molecule has 34 heavy (non-hydrogen) atoms. The highest BCUT2D eigenvalue weighted by Gasteiger charge is 2.53. The fourth-order valence-electron chi connectivity index (χ4n) is 3.68. The van der Waals surface area contributed by atoms with E-state index in [1.165, 1.54) is 18.5 Å². The molecule has 5 N–H and O–H groups in total. The maximum atomic E-state index is 12.8. The van der Waals surface area contributed by atoms with Crippen molar-refractivity contribution in [3.63, 3.8) is 0 Å². The Hall–Kier alpha value is -4.55. The fraction of sp³-hybridized carbons (Fsp3) is 0.136. The number of nitrogens with zero attached hydrogens (tertiary/aromatic N) is 2. The minimum atomic E-state index is -1.65. The number of hydrogen-bond donors (Lipinski definition) is 5. The molecule has 12 heteroatoms. The van der Waals surface area contributed by atoms with E-state index in [0.29, 0.717) is 28.3 Å². The third-order valence-corrected chi connectivity index (χ3v) is 5.07. The minimum absolute atomic E-state index is 0.219. The van der Waals surface area contributed by atoms with Crippen LogP contribution in [0.3, 0.4) is 0 Å². The molecule has 2 aromatic heterocycles. The van der Waals surface area contributed by atoms with E-state index < -0.39 is 23.8 Å². The first-order valence-electron chi connectivity index (χ1n) is 10.3. The van der Waals surface area contributed by atoms with Crippen molar-refractivity contribution in [2.24, 2.45) is 0 Å². The number of amides is 5. The zero-order valence-electron chi connectivity index (χ0n) is 17.6. The van der Waals surface area contributed by atoms with E-state index in [-0.39, 0.29) is 18.9 Å². The molecule has 0 radical (unpaired) electrons. The van der Waals surface area contributed by atoms with E-state index in [2.05, 4.69) is 36.6 Å². The number of nitrogens with one attached hydrogen (secondary N) is 5. The lowest BCUT2D eigenvalue weighted by Gasteiger charge is -2.20. The van der Waals surface area contributed by atoms with Crippen LogP contribution in [0.4, 0.5) is 38.0 Å². The largest absolute Gasteiger partial charge is 0.336 e. The molecule has 2 aliphatic heterocycles. The van der Waals surface area contributed by atoms with Gasteiger partial charge in [-0.15, -0.1) is 0 Å².